The van der Waals surface area contributed by atoms with Gasteiger partial charge in [-0.25, -0.2) is 10.2 Å². The van der Waals surface area contributed by atoms with E-state index in [1.807, 2.05) is 13.0 Å². The second kappa shape index (κ2) is 9.23. The Morgan fingerprint density at radius 2 is 2.10 bits per heavy atom. The van der Waals surface area contributed by atoms with E-state index in [2.05, 4.69) is 33.4 Å². The molecule has 2 amide bonds. The van der Waals surface area contributed by atoms with Gasteiger partial charge in [-0.1, -0.05) is 13.3 Å². The molecule has 0 aliphatic carbocycles. The van der Waals surface area contributed by atoms with E-state index in [1.165, 1.54) is 6.21 Å². The molecule has 0 aliphatic heterocycles. The molecule has 0 radical (unpaired) electrons. The van der Waals surface area contributed by atoms with Crippen LogP contribution in [-0.2, 0) is 0 Å². The number of hydrogen-bond acceptors (Lipinski definition) is 4. The van der Waals surface area contributed by atoms with Crippen molar-refractivity contribution in [3.05, 3.63) is 22.2 Å². The molecule has 1 rings (SSSR count). The number of benzene rings is 1. The highest BCUT2D eigenvalue weighted by molar-refractivity contribution is 9.10. The number of hydrogen-bond donors (Lipinski definition) is 2. The summed E-state index contributed by atoms with van der Waals surface area (Å²) in [6, 6.07) is 2.90. The maximum absolute atomic E-state index is 10.6. The first-order valence-corrected chi connectivity index (χ1v) is 7.55. The van der Waals surface area contributed by atoms with Gasteiger partial charge in [0.2, 0.25) is 0 Å². The Balaban J connectivity index is 2.93. The third-order valence-corrected chi connectivity index (χ3v) is 3.18. The molecular formula is C14H20BrN3O3. The van der Waals surface area contributed by atoms with E-state index >= 15 is 0 Å². The highest BCUT2D eigenvalue weighted by Crippen LogP contribution is 2.33. The fourth-order valence-corrected chi connectivity index (χ4v) is 1.95. The number of ether oxygens (including phenoxy) is 2. The van der Waals surface area contributed by atoms with E-state index in [1.54, 1.807) is 6.07 Å². The van der Waals surface area contributed by atoms with Crippen molar-refractivity contribution in [1.82, 2.24) is 5.43 Å². The molecule has 0 heterocycles. The molecular weight excluding hydrogens is 338 g/mol. The third-order valence-electron chi connectivity index (χ3n) is 2.50. The zero-order valence-electron chi connectivity index (χ0n) is 12.2. The SMILES string of the molecule is CCCCOc1cc(Br)c(/C=N/NC(N)=O)cc1OCC. The molecule has 0 aliphatic rings. The number of halogens is 1. The Morgan fingerprint density at radius 1 is 1.38 bits per heavy atom. The zero-order chi connectivity index (χ0) is 15.7. The first-order chi connectivity index (χ1) is 10.1. The zero-order valence-corrected chi connectivity index (χ0v) is 13.8. The number of carbonyl (C=O) groups excluding carboxylic acids is 1. The van der Waals surface area contributed by atoms with Gasteiger partial charge in [0.05, 0.1) is 19.4 Å². The van der Waals surface area contributed by atoms with Crippen molar-refractivity contribution in [2.75, 3.05) is 13.2 Å². The van der Waals surface area contributed by atoms with Crippen LogP contribution in [0.1, 0.15) is 32.3 Å². The van der Waals surface area contributed by atoms with E-state index < -0.39 is 6.03 Å². The van der Waals surface area contributed by atoms with Crippen molar-refractivity contribution in [3.63, 3.8) is 0 Å². The van der Waals surface area contributed by atoms with Crippen LogP contribution in [0.2, 0.25) is 0 Å². The summed E-state index contributed by atoms with van der Waals surface area (Å²) < 4.78 is 12.1. The molecule has 7 heteroatoms. The van der Waals surface area contributed by atoms with Crippen LogP contribution < -0.4 is 20.6 Å². The summed E-state index contributed by atoms with van der Waals surface area (Å²) in [5.41, 5.74) is 7.83. The number of amides is 2. The lowest BCUT2D eigenvalue weighted by Gasteiger charge is -2.13. The lowest BCUT2D eigenvalue weighted by Crippen LogP contribution is -2.24. The van der Waals surface area contributed by atoms with Crippen LogP contribution in [-0.4, -0.2) is 25.5 Å². The molecule has 0 saturated carbocycles. The van der Waals surface area contributed by atoms with Crippen molar-refractivity contribution in [2.24, 2.45) is 10.8 Å². The summed E-state index contributed by atoms with van der Waals surface area (Å²) in [5.74, 6) is 1.31. The summed E-state index contributed by atoms with van der Waals surface area (Å²) in [7, 11) is 0. The van der Waals surface area contributed by atoms with Crippen molar-refractivity contribution < 1.29 is 14.3 Å². The number of nitrogens with two attached hydrogens (primary N) is 1. The van der Waals surface area contributed by atoms with Crippen molar-refractivity contribution >= 4 is 28.2 Å². The molecule has 3 N–H and O–H groups in total. The highest BCUT2D eigenvalue weighted by Gasteiger charge is 2.10. The molecule has 21 heavy (non-hydrogen) atoms. The standard InChI is InChI=1S/C14H20BrN3O3/c1-3-5-6-21-13-8-11(15)10(7-12(13)20-4-2)9-17-18-14(16)19/h7-9H,3-6H2,1-2H3,(H3,16,18,19)/b17-9+. The van der Waals surface area contributed by atoms with Gasteiger partial charge in [-0.2, -0.15) is 5.10 Å². The van der Waals surface area contributed by atoms with Crippen LogP contribution in [0.3, 0.4) is 0 Å². The van der Waals surface area contributed by atoms with Crippen LogP contribution in [0.25, 0.3) is 0 Å². The Kier molecular flexibility index (Phi) is 7.60. The van der Waals surface area contributed by atoms with Gasteiger partial charge >= 0.3 is 6.03 Å². The van der Waals surface area contributed by atoms with Crippen molar-refractivity contribution in [2.45, 2.75) is 26.7 Å². The molecule has 0 saturated heterocycles. The Hall–Kier alpha value is -1.76. The number of nitrogens with one attached hydrogen (secondary N) is 1. The number of nitrogens with zero attached hydrogens (tertiary/aromatic N) is 1. The fourth-order valence-electron chi connectivity index (χ4n) is 1.52. The van der Waals surface area contributed by atoms with Crippen LogP contribution in [0.5, 0.6) is 11.5 Å². The van der Waals surface area contributed by atoms with Gasteiger partial charge < -0.3 is 15.2 Å². The number of carbonyl (C=O) groups is 1. The van der Waals surface area contributed by atoms with Gasteiger partial charge in [-0.15, -0.1) is 0 Å². The topological polar surface area (TPSA) is 85.9 Å². The Bertz CT molecular complexity index is 506. The van der Waals surface area contributed by atoms with Crippen molar-refractivity contribution in [1.29, 1.82) is 0 Å². The third kappa shape index (κ3) is 6.03. The minimum absolute atomic E-state index is 0.530. The number of unbranched alkanes of at least 4 members (excludes halogenated alkanes) is 1. The molecule has 116 valence electrons. The quantitative estimate of drug-likeness (QED) is 0.426. The van der Waals surface area contributed by atoms with Gasteiger partial charge in [0.25, 0.3) is 0 Å². The van der Waals surface area contributed by atoms with E-state index in [0.717, 1.165) is 22.9 Å². The minimum Gasteiger partial charge on any atom is -0.490 e. The van der Waals surface area contributed by atoms with Gasteiger partial charge in [0.15, 0.2) is 11.5 Å². The number of hydrazone groups is 1. The lowest BCUT2D eigenvalue weighted by molar-refractivity contribution is 0.249. The normalized spacial score (nSPS) is 10.6. The predicted molar refractivity (Wildman–Crippen MR) is 86.0 cm³/mol. The maximum atomic E-state index is 10.6. The first-order valence-electron chi connectivity index (χ1n) is 6.76. The molecule has 0 atom stereocenters. The number of urea groups is 1. The summed E-state index contributed by atoms with van der Waals surface area (Å²) in [4.78, 5) is 10.6. The molecule has 6 nitrogen and oxygen atoms in total. The largest absolute Gasteiger partial charge is 0.490 e. The second-order valence-corrected chi connectivity index (χ2v) is 5.04. The van der Waals surface area contributed by atoms with E-state index in [4.69, 9.17) is 15.2 Å². The Morgan fingerprint density at radius 3 is 2.71 bits per heavy atom. The van der Waals surface area contributed by atoms with Crippen LogP contribution in [0, 0.1) is 0 Å². The lowest BCUT2D eigenvalue weighted by atomic mass is 10.2. The molecule has 1 aromatic carbocycles. The van der Waals surface area contributed by atoms with Gasteiger partial charge in [-0.05, 0) is 41.4 Å². The number of rotatable bonds is 8. The molecule has 0 spiro atoms. The highest BCUT2D eigenvalue weighted by atomic mass is 79.9. The summed E-state index contributed by atoms with van der Waals surface area (Å²) in [5, 5.41) is 3.73. The molecule has 0 bridgehead atoms. The molecule has 0 fully saturated rings. The monoisotopic (exact) mass is 357 g/mol. The average Bonchev–Trinajstić information content (AvgIpc) is 2.43. The van der Waals surface area contributed by atoms with E-state index in [-0.39, 0.29) is 0 Å². The molecule has 1 aromatic rings. The van der Waals surface area contributed by atoms with Crippen LogP contribution in [0.15, 0.2) is 21.7 Å². The number of primary amides is 1. The summed E-state index contributed by atoms with van der Waals surface area (Å²) in [6.07, 6.45) is 3.52. The Labute approximate surface area is 132 Å². The smallest absolute Gasteiger partial charge is 0.332 e. The maximum Gasteiger partial charge on any atom is 0.332 e. The van der Waals surface area contributed by atoms with Crippen LogP contribution >= 0.6 is 15.9 Å². The predicted octanol–water partition coefficient (Wildman–Crippen LogP) is 3.03. The van der Waals surface area contributed by atoms with Crippen molar-refractivity contribution in [3.8, 4) is 11.5 Å². The summed E-state index contributed by atoms with van der Waals surface area (Å²) >= 11 is 3.44. The van der Waals surface area contributed by atoms with Gasteiger partial charge in [-0.3, -0.25) is 0 Å². The average molecular weight is 358 g/mol. The van der Waals surface area contributed by atoms with E-state index in [9.17, 15) is 4.79 Å². The first kappa shape index (κ1) is 17.3. The second-order valence-electron chi connectivity index (χ2n) is 4.19. The van der Waals surface area contributed by atoms with Gasteiger partial charge in [0.1, 0.15) is 0 Å². The fraction of sp³-hybridized carbons (Fsp3) is 0.429. The van der Waals surface area contributed by atoms with Crippen LogP contribution in [0.4, 0.5) is 4.79 Å². The minimum atomic E-state index is -0.716. The molecule has 0 unspecified atom stereocenters. The molecule has 0 aromatic heterocycles. The van der Waals surface area contributed by atoms with Gasteiger partial charge in [0, 0.05) is 10.0 Å². The summed E-state index contributed by atoms with van der Waals surface area (Å²) in [6.45, 7) is 5.18. The van der Waals surface area contributed by atoms with E-state index in [0.29, 0.717) is 24.7 Å².